The summed E-state index contributed by atoms with van der Waals surface area (Å²) in [6, 6.07) is 11.6. The normalized spacial score (nSPS) is 9.81. The SMILES string of the molecule is COc1ccc(OC)c(CNc2ccc(F)c(C#N)c2)c1. The molecule has 0 fully saturated rings. The highest BCUT2D eigenvalue weighted by Crippen LogP contribution is 2.25. The fourth-order valence-electron chi connectivity index (χ4n) is 1.94. The summed E-state index contributed by atoms with van der Waals surface area (Å²) in [4.78, 5) is 0. The topological polar surface area (TPSA) is 54.3 Å². The molecule has 0 saturated carbocycles. The largest absolute Gasteiger partial charge is 0.497 e. The molecule has 0 aliphatic heterocycles. The molecule has 0 aliphatic carbocycles. The second kappa shape index (κ2) is 6.62. The Morgan fingerprint density at radius 3 is 2.62 bits per heavy atom. The average Bonchev–Trinajstić information content (AvgIpc) is 2.53. The van der Waals surface area contributed by atoms with Crippen LogP contribution in [0.15, 0.2) is 36.4 Å². The maximum atomic E-state index is 13.3. The molecule has 0 radical (unpaired) electrons. The summed E-state index contributed by atoms with van der Waals surface area (Å²) in [5.74, 6) is 0.928. The van der Waals surface area contributed by atoms with Crippen molar-refractivity contribution < 1.29 is 13.9 Å². The molecule has 0 unspecified atom stereocenters. The van der Waals surface area contributed by atoms with E-state index >= 15 is 0 Å². The first-order valence-electron chi connectivity index (χ1n) is 6.32. The second-order valence-corrected chi connectivity index (χ2v) is 4.34. The molecule has 0 amide bonds. The van der Waals surface area contributed by atoms with Crippen molar-refractivity contribution in [3.8, 4) is 17.6 Å². The van der Waals surface area contributed by atoms with Crippen LogP contribution in [-0.2, 0) is 6.54 Å². The highest BCUT2D eigenvalue weighted by atomic mass is 19.1. The number of nitrogens with zero attached hydrogens (tertiary/aromatic N) is 1. The maximum Gasteiger partial charge on any atom is 0.141 e. The molecule has 2 aromatic rings. The van der Waals surface area contributed by atoms with Gasteiger partial charge in [0.1, 0.15) is 23.4 Å². The molecule has 2 rings (SSSR count). The lowest BCUT2D eigenvalue weighted by Gasteiger charge is -2.12. The summed E-state index contributed by atoms with van der Waals surface area (Å²) in [7, 11) is 3.19. The number of hydrogen-bond acceptors (Lipinski definition) is 4. The zero-order chi connectivity index (χ0) is 15.2. The van der Waals surface area contributed by atoms with Crippen molar-refractivity contribution in [3.63, 3.8) is 0 Å². The van der Waals surface area contributed by atoms with Gasteiger partial charge in [-0.2, -0.15) is 5.26 Å². The van der Waals surface area contributed by atoms with Gasteiger partial charge >= 0.3 is 0 Å². The molecular formula is C16H15FN2O2. The zero-order valence-electron chi connectivity index (χ0n) is 11.8. The van der Waals surface area contributed by atoms with Crippen LogP contribution in [-0.4, -0.2) is 14.2 Å². The van der Waals surface area contributed by atoms with Crippen LogP contribution in [0, 0.1) is 17.1 Å². The van der Waals surface area contributed by atoms with Crippen LogP contribution in [0.5, 0.6) is 11.5 Å². The number of ether oxygens (including phenoxy) is 2. The van der Waals surface area contributed by atoms with Gasteiger partial charge in [-0.25, -0.2) is 4.39 Å². The molecule has 0 saturated heterocycles. The third-order valence-corrected chi connectivity index (χ3v) is 3.06. The summed E-state index contributed by atoms with van der Waals surface area (Å²) >= 11 is 0. The number of hydrogen-bond donors (Lipinski definition) is 1. The molecule has 21 heavy (non-hydrogen) atoms. The smallest absolute Gasteiger partial charge is 0.141 e. The van der Waals surface area contributed by atoms with E-state index in [0.29, 0.717) is 12.2 Å². The molecule has 108 valence electrons. The highest BCUT2D eigenvalue weighted by molar-refractivity contribution is 5.51. The molecule has 0 heterocycles. The lowest BCUT2D eigenvalue weighted by molar-refractivity contribution is 0.399. The number of halogens is 1. The van der Waals surface area contributed by atoms with Gasteiger partial charge in [0, 0.05) is 17.8 Å². The Labute approximate surface area is 122 Å². The summed E-state index contributed by atoms with van der Waals surface area (Å²) in [6.07, 6.45) is 0. The van der Waals surface area contributed by atoms with Gasteiger partial charge in [0.15, 0.2) is 0 Å². The second-order valence-electron chi connectivity index (χ2n) is 4.34. The first kappa shape index (κ1) is 14.7. The van der Waals surface area contributed by atoms with Gasteiger partial charge in [-0.1, -0.05) is 0 Å². The monoisotopic (exact) mass is 286 g/mol. The number of rotatable bonds is 5. The van der Waals surface area contributed by atoms with E-state index in [1.165, 1.54) is 12.1 Å². The minimum Gasteiger partial charge on any atom is -0.497 e. The van der Waals surface area contributed by atoms with E-state index < -0.39 is 5.82 Å². The number of nitrogens with one attached hydrogen (secondary N) is 1. The van der Waals surface area contributed by atoms with Crippen LogP contribution in [0.4, 0.5) is 10.1 Å². The molecule has 1 N–H and O–H groups in total. The standard InChI is InChI=1S/C16H15FN2O2/c1-20-14-4-6-16(21-2)12(8-14)10-19-13-3-5-15(17)11(7-13)9-18/h3-8,19H,10H2,1-2H3. The quantitative estimate of drug-likeness (QED) is 0.916. The van der Waals surface area contributed by atoms with E-state index in [2.05, 4.69) is 5.32 Å². The third-order valence-electron chi connectivity index (χ3n) is 3.06. The minimum atomic E-state index is -0.526. The predicted molar refractivity (Wildman–Crippen MR) is 78.0 cm³/mol. The van der Waals surface area contributed by atoms with Crippen LogP contribution in [0.25, 0.3) is 0 Å². The Bertz CT molecular complexity index is 680. The summed E-state index contributed by atoms with van der Waals surface area (Å²) < 4.78 is 23.7. The predicted octanol–water partition coefficient (Wildman–Crippen LogP) is 3.33. The van der Waals surface area contributed by atoms with Crippen LogP contribution in [0.1, 0.15) is 11.1 Å². The van der Waals surface area contributed by atoms with Gasteiger partial charge in [-0.15, -0.1) is 0 Å². The Morgan fingerprint density at radius 1 is 1.14 bits per heavy atom. The molecule has 2 aromatic carbocycles. The van der Waals surface area contributed by atoms with E-state index in [0.717, 1.165) is 17.1 Å². The van der Waals surface area contributed by atoms with Gasteiger partial charge in [0.25, 0.3) is 0 Å². The third kappa shape index (κ3) is 3.42. The van der Waals surface area contributed by atoms with Gasteiger partial charge < -0.3 is 14.8 Å². The van der Waals surface area contributed by atoms with Crippen LogP contribution in [0.2, 0.25) is 0 Å². The summed E-state index contributed by atoms with van der Waals surface area (Å²) in [5, 5.41) is 12.0. The maximum absolute atomic E-state index is 13.3. The van der Waals surface area contributed by atoms with Crippen LogP contribution >= 0.6 is 0 Å². The van der Waals surface area contributed by atoms with E-state index in [9.17, 15) is 4.39 Å². The Kier molecular flexibility index (Phi) is 4.62. The Hall–Kier alpha value is -2.74. The molecule has 0 spiro atoms. The zero-order valence-corrected chi connectivity index (χ0v) is 11.8. The van der Waals surface area contributed by atoms with E-state index in [4.69, 9.17) is 14.7 Å². The van der Waals surface area contributed by atoms with Gasteiger partial charge in [-0.3, -0.25) is 0 Å². The van der Waals surface area contributed by atoms with Crippen molar-refractivity contribution in [3.05, 3.63) is 53.3 Å². The summed E-state index contributed by atoms with van der Waals surface area (Å²) in [5.41, 5.74) is 1.58. The van der Waals surface area contributed by atoms with Gasteiger partial charge in [-0.05, 0) is 36.4 Å². The highest BCUT2D eigenvalue weighted by Gasteiger charge is 2.06. The lowest BCUT2D eigenvalue weighted by atomic mass is 10.1. The molecule has 0 aliphatic rings. The van der Waals surface area contributed by atoms with E-state index in [-0.39, 0.29) is 5.56 Å². The van der Waals surface area contributed by atoms with Crippen molar-refractivity contribution in [2.24, 2.45) is 0 Å². The molecule has 5 heteroatoms. The molecule has 0 atom stereocenters. The van der Waals surface area contributed by atoms with Crippen molar-refractivity contribution in [1.29, 1.82) is 5.26 Å². The van der Waals surface area contributed by atoms with E-state index in [1.54, 1.807) is 20.3 Å². The number of methoxy groups -OCH3 is 2. The average molecular weight is 286 g/mol. The van der Waals surface area contributed by atoms with Crippen LogP contribution < -0.4 is 14.8 Å². The number of nitriles is 1. The van der Waals surface area contributed by atoms with Crippen LogP contribution in [0.3, 0.4) is 0 Å². The Balaban J connectivity index is 2.18. The fourth-order valence-corrected chi connectivity index (χ4v) is 1.94. The van der Waals surface area contributed by atoms with Crippen molar-refractivity contribution >= 4 is 5.69 Å². The first-order valence-corrected chi connectivity index (χ1v) is 6.32. The molecule has 0 bridgehead atoms. The first-order chi connectivity index (χ1) is 10.2. The molecule has 0 aromatic heterocycles. The number of benzene rings is 2. The van der Waals surface area contributed by atoms with Crippen molar-refractivity contribution in [1.82, 2.24) is 0 Å². The number of anilines is 1. The summed E-state index contributed by atoms with van der Waals surface area (Å²) in [6.45, 7) is 0.469. The minimum absolute atomic E-state index is 0.0117. The molecule has 4 nitrogen and oxygen atoms in total. The Morgan fingerprint density at radius 2 is 1.95 bits per heavy atom. The lowest BCUT2D eigenvalue weighted by Crippen LogP contribution is -2.03. The molecular weight excluding hydrogens is 271 g/mol. The van der Waals surface area contributed by atoms with E-state index in [1.807, 2.05) is 24.3 Å². The van der Waals surface area contributed by atoms with Crippen molar-refractivity contribution in [2.45, 2.75) is 6.54 Å². The fraction of sp³-hybridized carbons (Fsp3) is 0.188. The van der Waals surface area contributed by atoms with Gasteiger partial charge in [0.2, 0.25) is 0 Å². The van der Waals surface area contributed by atoms with Gasteiger partial charge in [0.05, 0.1) is 19.8 Å². The van der Waals surface area contributed by atoms with Crippen molar-refractivity contribution in [2.75, 3.05) is 19.5 Å².